The Morgan fingerprint density at radius 2 is 1.85 bits per heavy atom. The average molecular weight is 369 g/mol. The summed E-state index contributed by atoms with van der Waals surface area (Å²) in [5.74, 6) is -0.228. The highest BCUT2D eigenvalue weighted by atomic mass is 16.6. The Bertz CT molecular complexity index is 830. The van der Waals surface area contributed by atoms with Crippen LogP contribution in [0.1, 0.15) is 21.5 Å². The Balaban J connectivity index is 1.69. The first-order chi connectivity index (χ1) is 13.0. The minimum Gasteiger partial charge on any atom is -0.378 e. The van der Waals surface area contributed by atoms with Crippen LogP contribution in [0.25, 0.3) is 0 Å². The number of carbonyl (C=O) groups excluding carboxylic acids is 1. The SMILES string of the molecule is Cc1c(C(=O)N(C)Cc2ccc(N3CCOCC3)cc2)cccc1[N+](=O)[O-]. The van der Waals surface area contributed by atoms with Crippen molar-refractivity contribution in [1.29, 1.82) is 0 Å². The van der Waals surface area contributed by atoms with Gasteiger partial charge < -0.3 is 14.5 Å². The standard InChI is InChI=1S/C20H23N3O4/c1-15-18(4-3-5-19(15)23(25)26)20(24)21(2)14-16-6-8-17(9-7-16)22-10-12-27-13-11-22/h3-9H,10-14H2,1-2H3. The molecule has 142 valence electrons. The van der Waals surface area contributed by atoms with Crippen molar-refractivity contribution in [2.75, 3.05) is 38.3 Å². The summed E-state index contributed by atoms with van der Waals surface area (Å²) < 4.78 is 5.37. The number of anilines is 1. The summed E-state index contributed by atoms with van der Waals surface area (Å²) in [5.41, 5.74) is 2.86. The number of nitro groups is 1. The lowest BCUT2D eigenvalue weighted by Crippen LogP contribution is -2.36. The smallest absolute Gasteiger partial charge is 0.273 e. The number of benzene rings is 2. The van der Waals surface area contributed by atoms with Crippen molar-refractivity contribution < 1.29 is 14.5 Å². The number of nitro benzene ring substituents is 1. The Hall–Kier alpha value is -2.93. The average Bonchev–Trinajstić information content (AvgIpc) is 2.68. The monoisotopic (exact) mass is 369 g/mol. The third-order valence-corrected chi connectivity index (χ3v) is 4.81. The van der Waals surface area contributed by atoms with Crippen LogP contribution in [-0.2, 0) is 11.3 Å². The van der Waals surface area contributed by atoms with Gasteiger partial charge in [-0.1, -0.05) is 18.2 Å². The number of rotatable bonds is 5. The van der Waals surface area contributed by atoms with Gasteiger partial charge in [-0.15, -0.1) is 0 Å². The number of hydrogen-bond donors (Lipinski definition) is 0. The molecule has 0 aromatic heterocycles. The zero-order chi connectivity index (χ0) is 19.4. The molecule has 7 heteroatoms. The number of ether oxygens (including phenoxy) is 1. The number of amides is 1. The highest BCUT2D eigenvalue weighted by Gasteiger charge is 2.20. The van der Waals surface area contributed by atoms with E-state index >= 15 is 0 Å². The van der Waals surface area contributed by atoms with Crippen LogP contribution in [0.4, 0.5) is 11.4 Å². The molecule has 1 amide bonds. The number of morpholine rings is 1. The van der Waals surface area contributed by atoms with Crippen LogP contribution in [0.15, 0.2) is 42.5 Å². The maximum absolute atomic E-state index is 12.7. The van der Waals surface area contributed by atoms with E-state index in [2.05, 4.69) is 17.0 Å². The molecule has 0 aliphatic carbocycles. The van der Waals surface area contributed by atoms with E-state index in [0.29, 0.717) is 17.7 Å². The van der Waals surface area contributed by atoms with E-state index in [1.807, 2.05) is 12.1 Å². The molecule has 1 saturated heterocycles. The lowest BCUT2D eigenvalue weighted by molar-refractivity contribution is -0.385. The van der Waals surface area contributed by atoms with Crippen molar-refractivity contribution >= 4 is 17.3 Å². The molecule has 27 heavy (non-hydrogen) atoms. The Labute approximate surface area is 158 Å². The fourth-order valence-corrected chi connectivity index (χ4v) is 3.24. The van der Waals surface area contributed by atoms with Crippen molar-refractivity contribution in [1.82, 2.24) is 4.90 Å². The second-order valence-electron chi connectivity index (χ2n) is 6.63. The topological polar surface area (TPSA) is 75.9 Å². The quantitative estimate of drug-likeness (QED) is 0.598. The van der Waals surface area contributed by atoms with Crippen LogP contribution in [0.5, 0.6) is 0 Å². The van der Waals surface area contributed by atoms with Crippen LogP contribution in [0, 0.1) is 17.0 Å². The maximum Gasteiger partial charge on any atom is 0.273 e. The maximum atomic E-state index is 12.7. The van der Waals surface area contributed by atoms with Gasteiger partial charge >= 0.3 is 0 Å². The molecule has 1 aliphatic rings. The van der Waals surface area contributed by atoms with Gasteiger partial charge in [-0.2, -0.15) is 0 Å². The molecule has 0 N–H and O–H groups in total. The fraction of sp³-hybridized carbons (Fsp3) is 0.350. The summed E-state index contributed by atoms with van der Waals surface area (Å²) in [4.78, 5) is 27.2. The zero-order valence-corrected chi connectivity index (χ0v) is 15.6. The first kappa shape index (κ1) is 18.8. The van der Waals surface area contributed by atoms with E-state index < -0.39 is 4.92 Å². The van der Waals surface area contributed by atoms with E-state index in [9.17, 15) is 14.9 Å². The molecule has 1 aliphatic heterocycles. The second kappa shape index (κ2) is 8.18. The molecular formula is C20H23N3O4. The third-order valence-electron chi connectivity index (χ3n) is 4.81. The summed E-state index contributed by atoms with van der Waals surface area (Å²) in [6.45, 7) is 5.28. The van der Waals surface area contributed by atoms with E-state index in [1.165, 1.54) is 6.07 Å². The predicted molar refractivity (Wildman–Crippen MR) is 103 cm³/mol. The molecule has 0 bridgehead atoms. The van der Waals surface area contributed by atoms with Gasteiger partial charge in [0, 0.05) is 49.6 Å². The molecule has 0 radical (unpaired) electrons. The second-order valence-corrected chi connectivity index (χ2v) is 6.63. The Kier molecular flexibility index (Phi) is 5.71. The highest BCUT2D eigenvalue weighted by Crippen LogP contribution is 2.23. The van der Waals surface area contributed by atoms with Crippen LogP contribution >= 0.6 is 0 Å². The van der Waals surface area contributed by atoms with Crippen molar-refractivity contribution in [2.45, 2.75) is 13.5 Å². The third kappa shape index (κ3) is 4.25. The van der Waals surface area contributed by atoms with Crippen molar-refractivity contribution in [2.24, 2.45) is 0 Å². The minimum absolute atomic E-state index is 0.0379. The Morgan fingerprint density at radius 3 is 2.48 bits per heavy atom. The molecule has 3 rings (SSSR count). The van der Waals surface area contributed by atoms with E-state index in [-0.39, 0.29) is 11.6 Å². The van der Waals surface area contributed by atoms with Crippen molar-refractivity contribution in [3.8, 4) is 0 Å². The number of carbonyl (C=O) groups is 1. The normalized spacial score (nSPS) is 14.1. The van der Waals surface area contributed by atoms with Gasteiger partial charge in [0.15, 0.2) is 0 Å². The molecule has 0 spiro atoms. The molecule has 7 nitrogen and oxygen atoms in total. The summed E-state index contributed by atoms with van der Waals surface area (Å²) >= 11 is 0. The lowest BCUT2D eigenvalue weighted by Gasteiger charge is -2.29. The molecule has 1 heterocycles. The summed E-state index contributed by atoms with van der Waals surface area (Å²) in [6, 6.07) is 12.7. The predicted octanol–water partition coefficient (Wildman–Crippen LogP) is 3.01. The van der Waals surface area contributed by atoms with E-state index in [0.717, 1.165) is 37.6 Å². The van der Waals surface area contributed by atoms with Crippen LogP contribution < -0.4 is 4.90 Å². The van der Waals surface area contributed by atoms with Gasteiger partial charge in [0.2, 0.25) is 0 Å². The van der Waals surface area contributed by atoms with E-state index in [1.54, 1.807) is 31.0 Å². The van der Waals surface area contributed by atoms with Crippen LogP contribution in [0.2, 0.25) is 0 Å². The van der Waals surface area contributed by atoms with Gasteiger partial charge in [-0.05, 0) is 30.7 Å². The summed E-state index contributed by atoms with van der Waals surface area (Å²) in [5, 5.41) is 11.1. The minimum atomic E-state index is -0.462. The lowest BCUT2D eigenvalue weighted by atomic mass is 10.1. The largest absolute Gasteiger partial charge is 0.378 e. The number of nitrogens with zero attached hydrogens (tertiary/aromatic N) is 3. The Morgan fingerprint density at radius 1 is 1.19 bits per heavy atom. The fourth-order valence-electron chi connectivity index (χ4n) is 3.24. The first-order valence-electron chi connectivity index (χ1n) is 8.88. The number of hydrogen-bond acceptors (Lipinski definition) is 5. The van der Waals surface area contributed by atoms with Crippen LogP contribution in [0.3, 0.4) is 0 Å². The molecule has 0 unspecified atom stereocenters. The molecular weight excluding hydrogens is 346 g/mol. The van der Waals surface area contributed by atoms with Gasteiger partial charge in [0.05, 0.1) is 18.1 Å². The zero-order valence-electron chi connectivity index (χ0n) is 15.6. The summed E-state index contributed by atoms with van der Waals surface area (Å²) in [7, 11) is 1.70. The summed E-state index contributed by atoms with van der Waals surface area (Å²) in [6.07, 6.45) is 0. The molecule has 0 saturated carbocycles. The highest BCUT2D eigenvalue weighted by molar-refractivity contribution is 5.96. The van der Waals surface area contributed by atoms with Gasteiger partial charge in [-0.25, -0.2) is 0 Å². The van der Waals surface area contributed by atoms with Gasteiger partial charge in [0.25, 0.3) is 11.6 Å². The van der Waals surface area contributed by atoms with Crippen molar-refractivity contribution in [3.63, 3.8) is 0 Å². The molecule has 0 atom stereocenters. The van der Waals surface area contributed by atoms with Crippen LogP contribution in [-0.4, -0.2) is 49.1 Å². The van der Waals surface area contributed by atoms with E-state index in [4.69, 9.17) is 4.74 Å². The molecule has 1 fully saturated rings. The molecule has 2 aromatic rings. The van der Waals surface area contributed by atoms with Gasteiger partial charge in [0.1, 0.15) is 0 Å². The molecule has 2 aromatic carbocycles. The van der Waals surface area contributed by atoms with Crippen molar-refractivity contribution in [3.05, 3.63) is 69.3 Å². The van der Waals surface area contributed by atoms with Gasteiger partial charge in [-0.3, -0.25) is 14.9 Å². The first-order valence-corrected chi connectivity index (χ1v) is 8.88.